The van der Waals surface area contributed by atoms with Crippen LogP contribution in [0.4, 0.5) is 8.78 Å². The predicted molar refractivity (Wildman–Crippen MR) is 253 cm³/mol. The number of aromatic nitrogens is 6. The van der Waals surface area contributed by atoms with Gasteiger partial charge in [-0.1, -0.05) is 117 Å². The molecule has 0 atom stereocenters. The Bertz CT molecular complexity index is 2800. The van der Waals surface area contributed by atoms with Gasteiger partial charge in [0, 0.05) is 49.9 Å². The van der Waals surface area contributed by atoms with Gasteiger partial charge in [0.25, 0.3) is 0 Å². The van der Waals surface area contributed by atoms with Gasteiger partial charge >= 0.3 is 0 Å². The fourth-order valence-electron chi connectivity index (χ4n) is 7.36. The van der Waals surface area contributed by atoms with Crippen molar-refractivity contribution < 1.29 is 35.2 Å². The minimum absolute atomic E-state index is 0.0718. The molecule has 2 aliphatic heterocycles. The highest BCUT2D eigenvalue weighted by molar-refractivity contribution is 7.94. The number of amides is 1. The van der Waals surface area contributed by atoms with Crippen LogP contribution in [0.5, 0.6) is 0 Å². The third kappa shape index (κ3) is 12.2. The minimum Gasteiger partial charge on any atom is -0.349 e. The third-order valence-corrected chi connectivity index (χ3v) is 18.6. The van der Waals surface area contributed by atoms with E-state index in [2.05, 4.69) is 25.9 Å². The molecule has 0 fully saturated rings. The van der Waals surface area contributed by atoms with Crippen molar-refractivity contribution in [3.8, 4) is 0 Å². The van der Waals surface area contributed by atoms with Crippen molar-refractivity contribution in [1.29, 1.82) is 0 Å². The summed E-state index contributed by atoms with van der Waals surface area (Å²) in [6, 6.07) is 21.8. The molecular weight excluding hydrogens is 1020 g/mol. The SMILES string of the molecule is O=C(CC/C(F)=C1\CCCn2nnc(Cc3ccccc3)c21)CS(=O)(=O)c1cc(Cl)c(Cl)s1.O=C(CS(=O)(=O)c1cc(Cl)c(Cl)s1)NC/C(F)=C1/CCCn2nnc(Cc3ccccc3)c21. The largest absolute Gasteiger partial charge is 0.349 e. The molecule has 0 saturated heterocycles. The molecular formula is C43H39Cl4F2N7O6S4. The fourth-order valence-corrected chi connectivity index (χ4v) is 13.7. The highest BCUT2D eigenvalue weighted by atomic mass is 35.5. The second-order valence-electron chi connectivity index (χ2n) is 15.2. The molecule has 66 heavy (non-hydrogen) atoms. The molecule has 23 heteroatoms. The van der Waals surface area contributed by atoms with Crippen molar-refractivity contribution in [1.82, 2.24) is 35.3 Å². The molecule has 6 aromatic rings. The smallest absolute Gasteiger partial charge is 0.235 e. The second-order valence-corrected chi connectivity index (χ2v) is 23.8. The summed E-state index contributed by atoms with van der Waals surface area (Å²) in [5.41, 5.74) is 5.61. The zero-order chi connectivity index (χ0) is 47.2. The number of allylic oxidation sites excluding steroid dienone is 3. The number of hydrogen-bond acceptors (Lipinski definition) is 12. The van der Waals surface area contributed by atoms with E-state index >= 15 is 8.78 Å². The Labute approximate surface area is 407 Å². The molecule has 1 N–H and O–H groups in total. The van der Waals surface area contributed by atoms with E-state index in [4.69, 9.17) is 46.4 Å². The molecule has 2 aliphatic rings. The van der Waals surface area contributed by atoms with Crippen LogP contribution in [0.1, 0.15) is 72.4 Å². The Hall–Kier alpha value is -4.34. The molecule has 0 bridgehead atoms. The van der Waals surface area contributed by atoms with E-state index in [1.807, 2.05) is 60.7 Å². The van der Waals surface area contributed by atoms with Gasteiger partial charge in [0.15, 0.2) is 19.7 Å². The van der Waals surface area contributed by atoms with Crippen LogP contribution < -0.4 is 5.32 Å². The lowest BCUT2D eigenvalue weighted by atomic mass is 9.96. The number of hydrogen-bond donors (Lipinski definition) is 1. The molecule has 2 aromatic carbocycles. The van der Waals surface area contributed by atoms with E-state index in [1.165, 1.54) is 12.1 Å². The number of nitrogens with zero attached hydrogens (tertiary/aromatic N) is 6. The zero-order valence-electron chi connectivity index (χ0n) is 34.7. The highest BCUT2D eigenvalue weighted by Gasteiger charge is 2.29. The number of carbonyl (C=O) groups excluding carboxylic acids is 2. The first-order valence-corrected chi connectivity index (χ1v) is 26.8. The number of sulfone groups is 2. The maximum Gasteiger partial charge on any atom is 0.235 e. The summed E-state index contributed by atoms with van der Waals surface area (Å²) in [6.45, 7) is 0.854. The molecule has 348 valence electrons. The Morgan fingerprint density at radius 2 is 1.11 bits per heavy atom. The maximum absolute atomic E-state index is 15.2. The van der Waals surface area contributed by atoms with Crippen LogP contribution in [0.2, 0.25) is 18.7 Å². The number of aryl methyl sites for hydroxylation is 2. The van der Waals surface area contributed by atoms with Crippen molar-refractivity contribution in [2.45, 2.75) is 72.9 Å². The summed E-state index contributed by atoms with van der Waals surface area (Å²) in [4.78, 5) is 24.6. The summed E-state index contributed by atoms with van der Waals surface area (Å²) >= 11 is 24.8. The van der Waals surface area contributed by atoms with E-state index in [9.17, 15) is 26.4 Å². The lowest BCUT2D eigenvalue weighted by Gasteiger charge is -2.18. The second kappa shape index (κ2) is 21.7. The van der Waals surface area contributed by atoms with Crippen LogP contribution >= 0.6 is 69.1 Å². The van der Waals surface area contributed by atoms with Gasteiger partial charge in [-0.2, -0.15) is 0 Å². The lowest BCUT2D eigenvalue weighted by molar-refractivity contribution is -0.118. The first-order chi connectivity index (χ1) is 31.5. The van der Waals surface area contributed by atoms with Crippen molar-refractivity contribution in [3.63, 3.8) is 0 Å². The van der Waals surface area contributed by atoms with Crippen LogP contribution in [0.3, 0.4) is 0 Å². The molecule has 0 aliphatic carbocycles. The van der Waals surface area contributed by atoms with Crippen LogP contribution in [-0.2, 0) is 55.2 Å². The quantitative estimate of drug-likeness (QED) is 0.104. The van der Waals surface area contributed by atoms with Gasteiger partial charge in [0.1, 0.15) is 46.0 Å². The van der Waals surface area contributed by atoms with Crippen molar-refractivity contribution in [2.75, 3.05) is 18.1 Å². The molecule has 6 heterocycles. The van der Waals surface area contributed by atoms with Gasteiger partial charge in [-0.05, 0) is 48.9 Å². The topological polar surface area (TPSA) is 176 Å². The third-order valence-electron chi connectivity index (χ3n) is 10.5. The normalized spacial score (nSPS) is 15.3. The molecule has 0 radical (unpaired) electrons. The van der Waals surface area contributed by atoms with Gasteiger partial charge < -0.3 is 5.32 Å². The average Bonchev–Trinajstić information content (AvgIpc) is 4.08. The standard InChI is InChI=1S/C22H20Cl2FN3O3S2.C21H19Cl2FN4O3S2/c23-17-12-20(32-22(17)24)33(30,31)13-15(29)8-9-18(25)16-7-4-10-28-21(16)19(26-27-28)11-14-5-2-1-3-6-14;22-15-10-19(32-21(15)23)33(30,31)12-18(29)25-11-16(24)14-7-4-8-28-20(14)17(26-27-28)9-13-5-2-1-3-6-13/h1-3,5-6,12H,4,7-11,13H2;1-3,5-6,10H,4,7-9,11-12H2,(H,25,29)/b18-16-;16-14+. The summed E-state index contributed by atoms with van der Waals surface area (Å²) in [7, 11) is -7.82. The van der Waals surface area contributed by atoms with E-state index in [0.29, 0.717) is 85.5 Å². The maximum atomic E-state index is 15.2. The van der Waals surface area contributed by atoms with Gasteiger partial charge in [-0.15, -0.1) is 32.9 Å². The first kappa shape index (κ1) is 49.6. The molecule has 0 saturated carbocycles. The molecule has 1 amide bonds. The average molecular weight is 1060 g/mol. The van der Waals surface area contributed by atoms with Crippen LogP contribution in [0.15, 0.2) is 92.9 Å². The Kier molecular flexibility index (Phi) is 16.3. The highest BCUT2D eigenvalue weighted by Crippen LogP contribution is 2.37. The minimum atomic E-state index is -3.94. The number of thiophene rings is 2. The molecule has 0 unspecified atom stereocenters. The monoisotopic (exact) mass is 1060 g/mol. The number of ketones is 1. The predicted octanol–water partition coefficient (Wildman–Crippen LogP) is 9.84. The summed E-state index contributed by atoms with van der Waals surface area (Å²) in [6.07, 6.45) is 3.02. The number of fused-ring (bicyclic) bond motifs is 2. The van der Waals surface area contributed by atoms with E-state index in [-0.39, 0.29) is 40.0 Å². The molecule has 4 aromatic heterocycles. The van der Waals surface area contributed by atoms with Crippen molar-refractivity contribution in [2.24, 2.45) is 0 Å². The Morgan fingerprint density at radius 1 is 0.652 bits per heavy atom. The number of carbonyl (C=O) groups is 2. The Morgan fingerprint density at radius 3 is 1.56 bits per heavy atom. The zero-order valence-corrected chi connectivity index (χ0v) is 40.9. The lowest BCUT2D eigenvalue weighted by Crippen LogP contribution is -2.31. The van der Waals surface area contributed by atoms with Crippen LogP contribution in [0.25, 0.3) is 11.1 Å². The van der Waals surface area contributed by atoms with Gasteiger partial charge in [-0.3, -0.25) is 9.59 Å². The van der Waals surface area contributed by atoms with Crippen molar-refractivity contribution in [3.05, 3.63) is 137 Å². The van der Waals surface area contributed by atoms with E-state index in [1.54, 1.807) is 9.36 Å². The van der Waals surface area contributed by atoms with Crippen LogP contribution in [0, 0.1) is 0 Å². The Balaban J connectivity index is 0.000000196. The summed E-state index contributed by atoms with van der Waals surface area (Å²) in [5, 5.41) is 19.4. The summed E-state index contributed by atoms with van der Waals surface area (Å²) in [5.74, 6) is -3.92. The van der Waals surface area contributed by atoms with Crippen LogP contribution in [-0.4, -0.2) is 76.6 Å². The first-order valence-electron chi connectivity index (χ1n) is 20.3. The van der Waals surface area contributed by atoms with Gasteiger partial charge in [0.2, 0.25) is 5.91 Å². The van der Waals surface area contributed by atoms with Gasteiger partial charge in [0.05, 0.1) is 39.4 Å². The number of nitrogens with one attached hydrogen (secondary N) is 1. The van der Waals surface area contributed by atoms with Crippen molar-refractivity contribution >= 4 is 112 Å². The number of halogens is 6. The summed E-state index contributed by atoms with van der Waals surface area (Å²) < 4.78 is 83.5. The number of benzene rings is 2. The number of rotatable bonds is 15. The molecule has 0 spiro atoms. The van der Waals surface area contributed by atoms with E-state index < -0.39 is 61.1 Å². The van der Waals surface area contributed by atoms with E-state index in [0.717, 1.165) is 33.8 Å². The van der Waals surface area contributed by atoms with Gasteiger partial charge in [-0.25, -0.2) is 35.0 Å². The fraction of sp³-hybridized carbons (Fsp3) is 0.302. The molecule has 13 nitrogen and oxygen atoms in total. The molecule has 8 rings (SSSR count). The number of Topliss-reactive ketones (excluding diaryl/α,β-unsaturated/α-hetero) is 1.